The third-order valence-corrected chi connectivity index (χ3v) is 4.87. The Morgan fingerprint density at radius 2 is 1.38 bits per heavy atom. The number of H-pyrrole nitrogens is 1. The molecule has 2 aromatic carbocycles. The fraction of sp³-hybridized carbons (Fsp3) is 0.333. The smallest absolute Gasteiger partial charge is 0.319 e. The van der Waals surface area contributed by atoms with Gasteiger partial charge in [0.2, 0.25) is 0 Å². The number of hydrogen-bond donors (Lipinski definition) is 6. The van der Waals surface area contributed by atoms with Gasteiger partial charge in [-0.3, -0.25) is 0 Å². The van der Waals surface area contributed by atoms with Crippen molar-refractivity contribution in [1.29, 1.82) is 0 Å². The number of aromatic amines is 1. The van der Waals surface area contributed by atoms with Crippen LogP contribution in [0.25, 0.3) is 21.8 Å². The average Bonchev–Trinajstić information content (AvgIpc) is 3.06. The second-order valence-electron chi connectivity index (χ2n) is 6.84. The van der Waals surface area contributed by atoms with Gasteiger partial charge in [0.15, 0.2) is 0 Å². The second kappa shape index (κ2) is 10.1. The van der Waals surface area contributed by atoms with E-state index in [0.29, 0.717) is 18.8 Å². The third kappa shape index (κ3) is 5.57. The second-order valence-corrected chi connectivity index (χ2v) is 7.29. The predicted molar refractivity (Wildman–Crippen MR) is 123 cm³/mol. The SMILES string of the molecule is CCCCNC(=O)Nc1ccc2[nH]c3ccc(NC(=O)NCCCS)cc3c2c1. The van der Waals surface area contributed by atoms with Crippen LogP contribution in [0.3, 0.4) is 0 Å². The molecular weight excluding hydrogens is 386 g/mol. The number of fused-ring (bicyclic) bond motifs is 3. The maximum Gasteiger partial charge on any atom is 0.319 e. The Labute approximate surface area is 175 Å². The van der Waals surface area contributed by atoms with Gasteiger partial charge in [-0.15, -0.1) is 0 Å². The van der Waals surface area contributed by atoms with Gasteiger partial charge in [-0.05, 0) is 55.0 Å². The molecule has 8 heteroatoms. The molecule has 5 N–H and O–H groups in total. The van der Waals surface area contributed by atoms with E-state index in [4.69, 9.17) is 0 Å². The normalized spacial score (nSPS) is 10.8. The molecule has 0 saturated carbocycles. The maximum absolute atomic E-state index is 12.0. The summed E-state index contributed by atoms with van der Waals surface area (Å²) in [5.74, 6) is 0.731. The van der Waals surface area contributed by atoms with E-state index in [-0.39, 0.29) is 12.1 Å². The molecule has 0 saturated heterocycles. The molecule has 0 spiro atoms. The highest BCUT2D eigenvalue weighted by atomic mass is 32.1. The van der Waals surface area contributed by atoms with Crippen LogP contribution in [0, 0.1) is 0 Å². The van der Waals surface area contributed by atoms with E-state index >= 15 is 0 Å². The van der Waals surface area contributed by atoms with E-state index in [1.165, 1.54) is 0 Å². The predicted octanol–water partition coefficient (Wildman–Crippen LogP) is 4.68. The van der Waals surface area contributed by atoms with Crippen molar-refractivity contribution >= 4 is 57.9 Å². The van der Waals surface area contributed by atoms with Gasteiger partial charge in [0.1, 0.15) is 0 Å². The highest BCUT2D eigenvalue weighted by molar-refractivity contribution is 7.80. The zero-order valence-electron chi connectivity index (χ0n) is 16.5. The molecule has 7 nitrogen and oxygen atoms in total. The molecule has 0 fully saturated rings. The molecule has 3 rings (SSSR count). The van der Waals surface area contributed by atoms with Gasteiger partial charge in [-0.2, -0.15) is 12.6 Å². The topological polar surface area (TPSA) is 98.1 Å². The number of aromatic nitrogens is 1. The third-order valence-electron chi connectivity index (χ3n) is 4.55. The van der Waals surface area contributed by atoms with Gasteiger partial charge >= 0.3 is 12.1 Å². The number of benzene rings is 2. The Hall–Kier alpha value is -2.87. The summed E-state index contributed by atoms with van der Waals surface area (Å²) in [6.07, 6.45) is 2.80. The van der Waals surface area contributed by atoms with E-state index in [0.717, 1.165) is 52.5 Å². The van der Waals surface area contributed by atoms with Crippen LogP contribution in [-0.4, -0.2) is 35.9 Å². The summed E-state index contributed by atoms with van der Waals surface area (Å²) in [5.41, 5.74) is 3.35. The zero-order chi connectivity index (χ0) is 20.6. The van der Waals surface area contributed by atoms with Gasteiger partial charge in [-0.25, -0.2) is 9.59 Å². The average molecular weight is 414 g/mol. The first-order chi connectivity index (χ1) is 14.1. The molecule has 4 amide bonds. The van der Waals surface area contributed by atoms with Crippen molar-refractivity contribution < 1.29 is 9.59 Å². The summed E-state index contributed by atoms with van der Waals surface area (Å²) in [5, 5.41) is 13.3. The summed E-state index contributed by atoms with van der Waals surface area (Å²) >= 11 is 4.13. The largest absolute Gasteiger partial charge is 0.355 e. The molecule has 0 radical (unpaired) electrons. The highest BCUT2D eigenvalue weighted by Gasteiger charge is 2.09. The van der Waals surface area contributed by atoms with E-state index in [1.54, 1.807) is 0 Å². The van der Waals surface area contributed by atoms with Crippen molar-refractivity contribution in [2.75, 3.05) is 29.5 Å². The lowest BCUT2D eigenvalue weighted by Gasteiger charge is -2.08. The van der Waals surface area contributed by atoms with Crippen molar-refractivity contribution in [3.63, 3.8) is 0 Å². The van der Waals surface area contributed by atoms with Crippen molar-refractivity contribution in [3.05, 3.63) is 36.4 Å². The van der Waals surface area contributed by atoms with Crippen LogP contribution in [0.1, 0.15) is 26.2 Å². The lowest BCUT2D eigenvalue weighted by atomic mass is 10.1. The first-order valence-corrected chi connectivity index (χ1v) is 10.5. The minimum absolute atomic E-state index is 0.210. The van der Waals surface area contributed by atoms with Crippen LogP contribution < -0.4 is 21.3 Å². The molecule has 0 aliphatic heterocycles. The van der Waals surface area contributed by atoms with Crippen molar-refractivity contribution in [2.45, 2.75) is 26.2 Å². The zero-order valence-corrected chi connectivity index (χ0v) is 17.4. The fourth-order valence-corrected chi connectivity index (χ4v) is 3.22. The molecular formula is C21H27N5O2S. The molecule has 0 aliphatic carbocycles. The van der Waals surface area contributed by atoms with Crippen LogP contribution in [0.4, 0.5) is 21.0 Å². The standard InChI is InChI=1S/C21H27N5O2S/c1-2-3-9-22-20(27)24-14-5-7-18-16(12-14)17-13-15(6-8-19(17)26-18)25-21(28)23-10-4-11-29/h5-8,12-13,26,29H,2-4,9-11H2,1H3,(H2,22,24,27)(H2,23,25,28). The summed E-state index contributed by atoms with van der Waals surface area (Å²) < 4.78 is 0. The summed E-state index contributed by atoms with van der Waals surface area (Å²) in [4.78, 5) is 27.4. The molecule has 0 atom stereocenters. The van der Waals surface area contributed by atoms with Crippen molar-refractivity contribution in [3.8, 4) is 0 Å². The van der Waals surface area contributed by atoms with E-state index < -0.39 is 0 Å². The van der Waals surface area contributed by atoms with Crippen LogP contribution in [-0.2, 0) is 0 Å². The number of carbonyl (C=O) groups is 2. The van der Waals surface area contributed by atoms with Gasteiger partial charge in [0.05, 0.1) is 0 Å². The number of thiol groups is 1. The van der Waals surface area contributed by atoms with E-state index in [1.807, 2.05) is 36.4 Å². The summed E-state index contributed by atoms with van der Waals surface area (Å²) in [7, 11) is 0. The van der Waals surface area contributed by atoms with Gasteiger partial charge in [0, 0.05) is 46.3 Å². The van der Waals surface area contributed by atoms with Crippen molar-refractivity contribution in [2.24, 2.45) is 0 Å². The number of amides is 4. The van der Waals surface area contributed by atoms with Gasteiger partial charge < -0.3 is 26.3 Å². The lowest BCUT2D eigenvalue weighted by Crippen LogP contribution is -2.29. The Kier molecular flexibility index (Phi) is 7.24. The van der Waals surface area contributed by atoms with Gasteiger partial charge in [0.25, 0.3) is 0 Å². The first kappa shape index (κ1) is 20.9. The number of carbonyl (C=O) groups excluding carboxylic acids is 2. The molecule has 0 bridgehead atoms. The number of hydrogen-bond acceptors (Lipinski definition) is 3. The molecule has 0 unspecified atom stereocenters. The van der Waals surface area contributed by atoms with Crippen LogP contribution >= 0.6 is 12.6 Å². The van der Waals surface area contributed by atoms with E-state index in [2.05, 4.69) is 45.8 Å². The Morgan fingerprint density at radius 3 is 1.86 bits per heavy atom. The number of anilines is 2. The highest BCUT2D eigenvalue weighted by Crippen LogP contribution is 2.30. The molecule has 29 heavy (non-hydrogen) atoms. The molecule has 0 aliphatic rings. The molecule has 1 heterocycles. The summed E-state index contributed by atoms with van der Waals surface area (Å²) in [6, 6.07) is 11.0. The maximum atomic E-state index is 12.0. The van der Waals surface area contributed by atoms with Crippen LogP contribution in [0.2, 0.25) is 0 Å². The number of unbranched alkanes of at least 4 members (excludes halogenated alkanes) is 1. The lowest BCUT2D eigenvalue weighted by molar-refractivity contribution is 0.251. The quantitative estimate of drug-likeness (QED) is 0.239. The van der Waals surface area contributed by atoms with Gasteiger partial charge in [-0.1, -0.05) is 13.3 Å². The monoisotopic (exact) mass is 413 g/mol. The Morgan fingerprint density at radius 1 is 0.862 bits per heavy atom. The van der Waals surface area contributed by atoms with Crippen LogP contribution in [0.15, 0.2) is 36.4 Å². The minimum atomic E-state index is -0.239. The molecule has 154 valence electrons. The van der Waals surface area contributed by atoms with E-state index in [9.17, 15) is 9.59 Å². The number of rotatable bonds is 8. The Bertz CT molecular complexity index is 923. The van der Waals surface area contributed by atoms with Crippen LogP contribution in [0.5, 0.6) is 0 Å². The number of urea groups is 2. The number of nitrogens with one attached hydrogen (secondary N) is 5. The minimum Gasteiger partial charge on any atom is -0.355 e. The fourth-order valence-electron chi connectivity index (χ4n) is 3.06. The first-order valence-electron chi connectivity index (χ1n) is 9.86. The summed E-state index contributed by atoms with van der Waals surface area (Å²) in [6.45, 7) is 3.32. The molecule has 3 aromatic rings. The molecule has 1 aromatic heterocycles. The Balaban J connectivity index is 1.76. The van der Waals surface area contributed by atoms with Crippen molar-refractivity contribution in [1.82, 2.24) is 15.6 Å².